The van der Waals surface area contributed by atoms with Crippen molar-refractivity contribution >= 4 is 5.91 Å². The highest BCUT2D eigenvalue weighted by Crippen LogP contribution is 2.31. The van der Waals surface area contributed by atoms with Gasteiger partial charge in [0.25, 0.3) is 5.91 Å². The van der Waals surface area contributed by atoms with Crippen LogP contribution in [0.2, 0.25) is 0 Å². The number of carbonyl (C=O) groups is 1. The largest absolute Gasteiger partial charge is 0.461 e. The zero-order valence-electron chi connectivity index (χ0n) is 12.7. The van der Waals surface area contributed by atoms with Gasteiger partial charge in [-0.25, -0.2) is 0 Å². The molecule has 4 atom stereocenters. The van der Waals surface area contributed by atoms with Crippen molar-refractivity contribution in [1.29, 1.82) is 0 Å². The molecule has 0 spiro atoms. The average molecular weight is 365 g/mol. The number of ether oxygens (including phenoxy) is 3. The molecule has 0 unspecified atom stereocenters. The molecule has 2 aliphatic rings. The van der Waals surface area contributed by atoms with E-state index < -0.39 is 48.5 Å². The number of alkyl halides is 4. The van der Waals surface area contributed by atoms with E-state index in [9.17, 15) is 27.5 Å². The maximum atomic E-state index is 13.1. The highest BCUT2D eigenvalue weighted by atomic mass is 19.3. The van der Waals surface area contributed by atoms with Crippen molar-refractivity contribution in [2.24, 2.45) is 0 Å². The fraction of sp³-hybridized carbons (Fsp3) is 0.533. The normalized spacial score (nSPS) is 28.9. The van der Waals surface area contributed by atoms with Crippen molar-refractivity contribution in [2.45, 2.75) is 36.9 Å². The summed E-state index contributed by atoms with van der Waals surface area (Å²) in [7, 11) is 0. The Kier molecular flexibility index (Phi) is 4.85. The van der Waals surface area contributed by atoms with Gasteiger partial charge in [0.2, 0.25) is 0 Å². The van der Waals surface area contributed by atoms with Crippen LogP contribution in [0.5, 0.6) is 5.75 Å². The molecule has 138 valence electrons. The lowest BCUT2D eigenvalue weighted by Crippen LogP contribution is -2.44. The maximum Gasteiger partial charge on any atom is 0.461 e. The minimum Gasteiger partial charge on any atom is -0.427 e. The van der Waals surface area contributed by atoms with Crippen molar-refractivity contribution in [3.8, 4) is 5.75 Å². The molecule has 1 amide bonds. The van der Waals surface area contributed by atoms with Crippen LogP contribution in [0.4, 0.5) is 17.6 Å². The molecule has 0 bridgehead atoms. The number of aliphatic hydroxyl groups excluding tert-OH is 1. The summed E-state index contributed by atoms with van der Waals surface area (Å²) in [6.07, 6.45) is -10.7. The third-order valence-corrected chi connectivity index (χ3v) is 3.98. The second-order valence-corrected chi connectivity index (χ2v) is 5.70. The molecule has 3 rings (SSSR count). The van der Waals surface area contributed by atoms with Gasteiger partial charge < -0.3 is 24.6 Å². The first-order chi connectivity index (χ1) is 11.8. The fourth-order valence-corrected chi connectivity index (χ4v) is 2.78. The topological polar surface area (TPSA) is 77.0 Å². The lowest BCUT2D eigenvalue weighted by atomic mass is 10.1. The van der Waals surface area contributed by atoms with E-state index in [1.807, 2.05) is 0 Å². The predicted octanol–water partition coefficient (Wildman–Crippen LogP) is 1.18. The summed E-state index contributed by atoms with van der Waals surface area (Å²) in [6.45, 7) is 0.121. The SMILES string of the molecule is O=C(N[C@@H]1CO[C@H]2[C@@H]1OC[C@H]2O)c1ccccc1OC(F)(F)C(F)F. The first kappa shape index (κ1) is 17.9. The number of hydrogen-bond donors (Lipinski definition) is 2. The van der Waals surface area contributed by atoms with Gasteiger partial charge in [-0.15, -0.1) is 0 Å². The third kappa shape index (κ3) is 3.55. The standard InChI is InChI=1S/C15H15F4NO5/c16-14(17)15(18,19)25-10-4-2-1-3-7(10)13(22)20-8-5-23-12-9(21)6-24-11(8)12/h1-4,8-9,11-12,14,21H,5-6H2,(H,20,22)/t8-,9-,11-,12-/m1/s1. The van der Waals surface area contributed by atoms with Crippen LogP contribution in [-0.2, 0) is 9.47 Å². The summed E-state index contributed by atoms with van der Waals surface area (Å²) in [5.74, 6) is -1.48. The zero-order chi connectivity index (χ0) is 18.2. The Bertz CT molecular complexity index is 644. The van der Waals surface area contributed by atoms with Crippen LogP contribution in [-0.4, -0.2) is 61.1 Å². The van der Waals surface area contributed by atoms with Crippen molar-refractivity contribution in [3.63, 3.8) is 0 Å². The smallest absolute Gasteiger partial charge is 0.427 e. The van der Waals surface area contributed by atoms with E-state index in [2.05, 4.69) is 10.1 Å². The number of carbonyl (C=O) groups excluding carboxylic acids is 1. The number of halogens is 4. The number of aliphatic hydroxyl groups is 1. The number of hydrogen-bond acceptors (Lipinski definition) is 5. The van der Waals surface area contributed by atoms with Gasteiger partial charge in [-0.1, -0.05) is 12.1 Å². The molecule has 25 heavy (non-hydrogen) atoms. The van der Waals surface area contributed by atoms with Gasteiger partial charge in [-0.2, -0.15) is 17.6 Å². The van der Waals surface area contributed by atoms with E-state index in [1.54, 1.807) is 0 Å². The number of para-hydroxylation sites is 1. The van der Waals surface area contributed by atoms with Gasteiger partial charge >= 0.3 is 12.5 Å². The molecule has 2 heterocycles. The van der Waals surface area contributed by atoms with Gasteiger partial charge in [0.1, 0.15) is 24.1 Å². The molecule has 2 fully saturated rings. The van der Waals surface area contributed by atoms with Crippen molar-refractivity contribution < 1.29 is 41.7 Å². The monoisotopic (exact) mass is 365 g/mol. The van der Waals surface area contributed by atoms with E-state index in [-0.39, 0.29) is 18.8 Å². The number of benzene rings is 1. The summed E-state index contributed by atoms with van der Waals surface area (Å²) in [5, 5.41) is 12.2. The summed E-state index contributed by atoms with van der Waals surface area (Å²) in [6, 6.07) is 4.21. The first-order valence-corrected chi connectivity index (χ1v) is 7.45. The fourth-order valence-electron chi connectivity index (χ4n) is 2.78. The Morgan fingerprint density at radius 3 is 2.64 bits per heavy atom. The summed E-state index contributed by atoms with van der Waals surface area (Å²) in [4.78, 5) is 12.4. The van der Waals surface area contributed by atoms with Gasteiger partial charge in [0.15, 0.2) is 0 Å². The van der Waals surface area contributed by atoms with Crippen LogP contribution in [0.25, 0.3) is 0 Å². The molecular formula is C15H15F4NO5. The lowest BCUT2D eigenvalue weighted by Gasteiger charge is -2.21. The van der Waals surface area contributed by atoms with Crippen LogP contribution >= 0.6 is 0 Å². The van der Waals surface area contributed by atoms with E-state index in [0.717, 1.165) is 6.07 Å². The van der Waals surface area contributed by atoms with Crippen molar-refractivity contribution in [3.05, 3.63) is 29.8 Å². The minimum atomic E-state index is -4.73. The molecule has 2 saturated heterocycles. The molecule has 0 radical (unpaired) electrons. The molecule has 0 aliphatic carbocycles. The van der Waals surface area contributed by atoms with Crippen LogP contribution in [0.3, 0.4) is 0 Å². The summed E-state index contributed by atoms with van der Waals surface area (Å²) < 4.78 is 65.6. The lowest BCUT2D eigenvalue weighted by molar-refractivity contribution is -0.253. The van der Waals surface area contributed by atoms with Gasteiger partial charge in [-0.3, -0.25) is 4.79 Å². The van der Waals surface area contributed by atoms with Crippen LogP contribution in [0.1, 0.15) is 10.4 Å². The molecule has 1 aromatic carbocycles. The predicted molar refractivity (Wildman–Crippen MR) is 74.8 cm³/mol. The van der Waals surface area contributed by atoms with Gasteiger partial charge in [0.05, 0.1) is 24.8 Å². The van der Waals surface area contributed by atoms with E-state index >= 15 is 0 Å². The molecule has 6 nitrogen and oxygen atoms in total. The molecule has 0 aromatic heterocycles. The van der Waals surface area contributed by atoms with Gasteiger partial charge in [-0.05, 0) is 12.1 Å². The van der Waals surface area contributed by atoms with Crippen molar-refractivity contribution in [1.82, 2.24) is 5.32 Å². The number of amides is 1. The number of nitrogens with one attached hydrogen (secondary N) is 1. The van der Waals surface area contributed by atoms with E-state index in [0.29, 0.717) is 0 Å². The van der Waals surface area contributed by atoms with Crippen LogP contribution in [0, 0.1) is 0 Å². The molecule has 0 saturated carbocycles. The first-order valence-electron chi connectivity index (χ1n) is 7.45. The average Bonchev–Trinajstić information content (AvgIpc) is 3.11. The Morgan fingerprint density at radius 2 is 1.92 bits per heavy atom. The summed E-state index contributed by atoms with van der Waals surface area (Å²) >= 11 is 0. The van der Waals surface area contributed by atoms with E-state index in [1.165, 1.54) is 18.2 Å². The molecule has 1 aromatic rings. The number of rotatable bonds is 5. The maximum absolute atomic E-state index is 13.1. The third-order valence-electron chi connectivity index (χ3n) is 3.98. The van der Waals surface area contributed by atoms with E-state index in [4.69, 9.17) is 9.47 Å². The van der Waals surface area contributed by atoms with Crippen LogP contribution in [0.15, 0.2) is 24.3 Å². The Morgan fingerprint density at radius 1 is 1.24 bits per heavy atom. The Labute approximate surface area is 139 Å². The summed E-state index contributed by atoms with van der Waals surface area (Å²) in [5.41, 5.74) is -0.329. The second-order valence-electron chi connectivity index (χ2n) is 5.70. The zero-order valence-corrected chi connectivity index (χ0v) is 12.7. The minimum absolute atomic E-state index is 0.0576. The van der Waals surface area contributed by atoms with Gasteiger partial charge in [0, 0.05) is 0 Å². The number of fused-ring (bicyclic) bond motifs is 1. The highest BCUT2D eigenvalue weighted by molar-refractivity contribution is 5.97. The Hall–Kier alpha value is -1.91. The quantitative estimate of drug-likeness (QED) is 0.767. The highest BCUT2D eigenvalue weighted by Gasteiger charge is 2.48. The Balaban J connectivity index is 1.73. The molecule has 10 heteroatoms. The second kappa shape index (κ2) is 6.77. The molecule has 2 aliphatic heterocycles. The van der Waals surface area contributed by atoms with Crippen molar-refractivity contribution in [2.75, 3.05) is 13.2 Å². The molecular weight excluding hydrogens is 350 g/mol. The van der Waals surface area contributed by atoms with Crippen LogP contribution < -0.4 is 10.1 Å². The molecule has 2 N–H and O–H groups in total.